The highest BCUT2D eigenvalue weighted by atomic mass is 79.9. The van der Waals surface area contributed by atoms with Crippen LogP contribution in [0.2, 0.25) is 0 Å². The molecule has 2 rings (SSSR count). The van der Waals surface area contributed by atoms with Crippen molar-refractivity contribution in [1.82, 2.24) is 9.97 Å². The predicted octanol–water partition coefficient (Wildman–Crippen LogP) is 2.59. The smallest absolute Gasteiger partial charge is 0.269 e. The van der Waals surface area contributed by atoms with Crippen LogP contribution in [-0.2, 0) is 6.42 Å². The van der Waals surface area contributed by atoms with Crippen LogP contribution < -0.4 is 5.56 Å². The molecule has 17 heavy (non-hydrogen) atoms. The second kappa shape index (κ2) is 5.01. The summed E-state index contributed by atoms with van der Waals surface area (Å²) in [5, 5.41) is 9.42. The lowest BCUT2D eigenvalue weighted by atomic mass is 10.1. The van der Waals surface area contributed by atoms with Crippen LogP contribution in [0.3, 0.4) is 0 Å². The van der Waals surface area contributed by atoms with Gasteiger partial charge in [-0.2, -0.15) is 4.98 Å². The molecule has 1 heterocycles. The van der Waals surface area contributed by atoms with Crippen LogP contribution in [-0.4, -0.2) is 15.1 Å². The highest BCUT2D eigenvalue weighted by Crippen LogP contribution is 2.17. The van der Waals surface area contributed by atoms with E-state index in [1.807, 2.05) is 24.3 Å². The Hall–Kier alpha value is -1.14. The van der Waals surface area contributed by atoms with Crippen LogP contribution >= 0.6 is 31.9 Å². The van der Waals surface area contributed by atoms with Crippen LogP contribution in [0.25, 0.3) is 0 Å². The maximum absolute atomic E-state index is 11.4. The quantitative estimate of drug-likeness (QED) is 0.866. The summed E-state index contributed by atoms with van der Waals surface area (Å²) in [4.78, 5) is 17.9. The molecular weight excluding hydrogens is 352 g/mol. The van der Waals surface area contributed by atoms with Crippen molar-refractivity contribution in [3.8, 4) is 5.88 Å². The number of hydrogen-bond donors (Lipinski definition) is 2. The van der Waals surface area contributed by atoms with E-state index in [4.69, 9.17) is 0 Å². The summed E-state index contributed by atoms with van der Waals surface area (Å²) in [6.45, 7) is 0. The van der Waals surface area contributed by atoms with Crippen molar-refractivity contribution in [2.45, 2.75) is 6.42 Å². The second-order valence-electron chi connectivity index (χ2n) is 3.45. The highest BCUT2D eigenvalue weighted by molar-refractivity contribution is 9.10. The maximum Gasteiger partial charge on any atom is 0.269 e. The first-order valence-electron chi connectivity index (χ1n) is 4.78. The lowest BCUT2D eigenvalue weighted by Crippen LogP contribution is -2.12. The molecule has 0 saturated carbocycles. The summed E-state index contributed by atoms with van der Waals surface area (Å²) in [6, 6.07) is 7.66. The first-order chi connectivity index (χ1) is 8.06. The SMILES string of the molecule is O=c1[nH]c(Cc2ccc(Br)cc2)nc(O)c1Br. The van der Waals surface area contributed by atoms with Crippen molar-refractivity contribution in [2.24, 2.45) is 0 Å². The molecule has 0 aliphatic carbocycles. The normalized spacial score (nSPS) is 10.5. The van der Waals surface area contributed by atoms with Gasteiger partial charge in [-0.05, 0) is 33.6 Å². The fourth-order valence-corrected chi connectivity index (χ4v) is 1.82. The van der Waals surface area contributed by atoms with Gasteiger partial charge >= 0.3 is 0 Å². The molecule has 1 aromatic heterocycles. The predicted molar refractivity (Wildman–Crippen MR) is 71.2 cm³/mol. The maximum atomic E-state index is 11.4. The standard InChI is InChI=1S/C11H8Br2N2O2/c12-7-3-1-6(2-4-7)5-8-14-10(16)9(13)11(17)15-8/h1-4H,5H2,(H2,14,15,16,17). The van der Waals surface area contributed by atoms with Crippen LogP contribution in [0, 0.1) is 0 Å². The Morgan fingerprint density at radius 3 is 2.47 bits per heavy atom. The molecule has 0 unspecified atom stereocenters. The number of aromatic amines is 1. The molecule has 1 aromatic carbocycles. The third-order valence-corrected chi connectivity index (χ3v) is 3.42. The molecule has 0 aliphatic heterocycles. The van der Waals surface area contributed by atoms with Crippen LogP contribution in [0.4, 0.5) is 0 Å². The summed E-state index contributed by atoms with van der Waals surface area (Å²) in [6.07, 6.45) is 0.462. The van der Waals surface area contributed by atoms with Gasteiger partial charge in [0.25, 0.3) is 5.56 Å². The van der Waals surface area contributed by atoms with E-state index in [-0.39, 0.29) is 15.9 Å². The molecule has 0 bridgehead atoms. The number of nitrogens with one attached hydrogen (secondary N) is 1. The van der Waals surface area contributed by atoms with Crippen LogP contribution in [0.15, 0.2) is 38.0 Å². The van der Waals surface area contributed by atoms with E-state index in [2.05, 4.69) is 41.8 Å². The van der Waals surface area contributed by atoms with Crippen LogP contribution in [0.5, 0.6) is 5.88 Å². The highest BCUT2D eigenvalue weighted by Gasteiger charge is 2.07. The summed E-state index contributed by atoms with van der Waals surface area (Å²) >= 11 is 6.29. The minimum Gasteiger partial charge on any atom is -0.492 e. The van der Waals surface area contributed by atoms with E-state index in [0.717, 1.165) is 10.0 Å². The number of aromatic hydroxyl groups is 1. The number of rotatable bonds is 2. The van der Waals surface area contributed by atoms with Gasteiger partial charge in [-0.1, -0.05) is 28.1 Å². The average molecular weight is 360 g/mol. The molecule has 0 fully saturated rings. The molecule has 0 saturated heterocycles. The third kappa shape index (κ3) is 2.95. The Morgan fingerprint density at radius 2 is 1.88 bits per heavy atom. The third-order valence-electron chi connectivity index (χ3n) is 2.18. The number of halogens is 2. The van der Waals surface area contributed by atoms with Gasteiger partial charge < -0.3 is 10.1 Å². The first-order valence-corrected chi connectivity index (χ1v) is 6.37. The Morgan fingerprint density at radius 1 is 1.24 bits per heavy atom. The van der Waals surface area contributed by atoms with Crippen molar-refractivity contribution in [1.29, 1.82) is 0 Å². The fraction of sp³-hybridized carbons (Fsp3) is 0.0909. The molecule has 0 spiro atoms. The summed E-state index contributed by atoms with van der Waals surface area (Å²) in [5.74, 6) is 0.138. The Kier molecular flexibility index (Phi) is 3.63. The van der Waals surface area contributed by atoms with Gasteiger partial charge in [0.1, 0.15) is 10.3 Å². The topological polar surface area (TPSA) is 66.0 Å². The van der Waals surface area contributed by atoms with Crippen molar-refractivity contribution in [2.75, 3.05) is 0 Å². The van der Waals surface area contributed by atoms with Gasteiger partial charge in [-0.3, -0.25) is 4.79 Å². The minimum absolute atomic E-state index is 0.0528. The zero-order valence-electron chi connectivity index (χ0n) is 8.58. The zero-order chi connectivity index (χ0) is 12.4. The summed E-state index contributed by atoms with van der Waals surface area (Å²) in [5.41, 5.74) is 0.614. The van der Waals surface area contributed by atoms with Gasteiger partial charge in [0.05, 0.1) is 0 Å². The lowest BCUT2D eigenvalue weighted by molar-refractivity contribution is 0.444. The molecule has 2 aromatic rings. The number of hydrogen-bond acceptors (Lipinski definition) is 3. The molecule has 0 radical (unpaired) electrons. The van der Waals surface area contributed by atoms with Gasteiger partial charge in [-0.15, -0.1) is 0 Å². The molecule has 2 N–H and O–H groups in total. The van der Waals surface area contributed by atoms with E-state index in [1.54, 1.807) is 0 Å². The zero-order valence-corrected chi connectivity index (χ0v) is 11.7. The summed E-state index contributed by atoms with van der Waals surface area (Å²) in [7, 11) is 0. The van der Waals surface area contributed by atoms with E-state index < -0.39 is 0 Å². The van der Waals surface area contributed by atoms with E-state index in [1.165, 1.54) is 0 Å². The monoisotopic (exact) mass is 358 g/mol. The molecule has 6 heteroatoms. The molecule has 0 atom stereocenters. The average Bonchev–Trinajstić information content (AvgIpc) is 2.29. The van der Waals surface area contributed by atoms with Crippen molar-refractivity contribution in [3.63, 3.8) is 0 Å². The largest absolute Gasteiger partial charge is 0.492 e. The molecule has 88 valence electrons. The molecular formula is C11H8Br2N2O2. The number of benzene rings is 1. The number of aromatic nitrogens is 2. The lowest BCUT2D eigenvalue weighted by Gasteiger charge is -2.03. The Labute approximate surface area is 114 Å². The molecule has 0 amide bonds. The van der Waals surface area contributed by atoms with Gasteiger partial charge in [0.15, 0.2) is 0 Å². The van der Waals surface area contributed by atoms with Crippen molar-refractivity contribution < 1.29 is 5.11 Å². The second-order valence-corrected chi connectivity index (χ2v) is 5.16. The van der Waals surface area contributed by atoms with Gasteiger partial charge in [0, 0.05) is 10.9 Å². The van der Waals surface area contributed by atoms with E-state index in [0.29, 0.717) is 12.2 Å². The van der Waals surface area contributed by atoms with E-state index >= 15 is 0 Å². The summed E-state index contributed by atoms with van der Waals surface area (Å²) < 4.78 is 1.04. The number of H-pyrrole nitrogens is 1. The molecule has 0 aliphatic rings. The minimum atomic E-state index is -0.385. The Bertz CT molecular complexity index is 593. The van der Waals surface area contributed by atoms with Crippen LogP contribution in [0.1, 0.15) is 11.4 Å². The van der Waals surface area contributed by atoms with E-state index in [9.17, 15) is 9.90 Å². The van der Waals surface area contributed by atoms with Gasteiger partial charge in [-0.25, -0.2) is 0 Å². The molecule has 4 nitrogen and oxygen atoms in total. The Balaban J connectivity index is 2.30. The van der Waals surface area contributed by atoms with Crippen molar-refractivity contribution >= 4 is 31.9 Å². The van der Waals surface area contributed by atoms with Gasteiger partial charge in [0.2, 0.25) is 5.88 Å². The van der Waals surface area contributed by atoms with Crippen molar-refractivity contribution in [3.05, 3.63) is 55.0 Å². The fourth-order valence-electron chi connectivity index (χ4n) is 1.37. The number of nitrogens with zero attached hydrogens (tertiary/aromatic N) is 1. The first kappa shape index (κ1) is 12.3.